The van der Waals surface area contributed by atoms with Crippen molar-refractivity contribution < 1.29 is 9.53 Å². The van der Waals surface area contributed by atoms with Gasteiger partial charge in [-0.25, -0.2) is 0 Å². The molecule has 0 radical (unpaired) electrons. The highest BCUT2D eigenvalue weighted by Crippen LogP contribution is 2.33. The molecule has 2 bridgehead atoms. The summed E-state index contributed by atoms with van der Waals surface area (Å²) in [5.41, 5.74) is 1.86. The minimum Gasteiger partial charge on any atom is -0.487 e. The van der Waals surface area contributed by atoms with Gasteiger partial charge in [0.05, 0.1) is 11.7 Å². The van der Waals surface area contributed by atoms with Crippen LogP contribution in [0.4, 0.5) is 5.69 Å². The van der Waals surface area contributed by atoms with Gasteiger partial charge in [0.1, 0.15) is 11.9 Å². The number of rotatable bonds is 2. The lowest BCUT2D eigenvalue weighted by Gasteiger charge is -2.23. The SMILES string of the molecule is O=C1Nc2ccccc2OC2CC1N(Cc1cccnc1)C2. The second-order valence-corrected chi connectivity index (χ2v) is 5.77. The number of amides is 1. The lowest BCUT2D eigenvalue weighted by molar-refractivity contribution is -0.120. The largest absolute Gasteiger partial charge is 0.487 e. The van der Waals surface area contributed by atoms with Gasteiger partial charge in [-0.2, -0.15) is 0 Å². The monoisotopic (exact) mass is 295 g/mol. The number of carbonyl (C=O) groups excluding carboxylic acids is 1. The molecule has 2 aliphatic rings. The molecule has 2 atom stereocenters. The van der Waals surface area contributed by atoms with Crippen molar-refractivity contribution in [2.75, 3.05) is 11.9 Å². The quantitative estimate of drug-likeness (QED) is 0.921. The number of nitrogens with zero attached hydrogens (tertiary/aromatic N) is 2. The van der Waals surface area contributed by atoms with Crippen LogP contribution in [0, 0.1) is 0 Å². The lowest BCUT2D eigenvalue weighted by Crippen LogP contribution is -2.39. The predicted molar refractivity (Wildman–Crippen MR) is 82.5 cm³/mol. The zero-order chi connectivity index (χ0) is 14.9. The number of fused-ring (bicyclic) bond motifs is 3. The molecule has 1 amide bonds. The number of hydrogen-bond donors (Lipinski definition) is 1. The number of benzene rings is 1. The lowest BCUT2D eigenvalue weighted by atomic mass is 10.1. The molecule has 1 aromatic carbocycles. The Hall–Kier alpha value is -2.40. The van der Waals surface area contributed by atoms with Gasteiger partial charge in [-0.1, -0.05) is 18.2 Å². The normalized spacial score (nSPS) is 23.9. The predicted octanol–water partition coefficient (Wildman–Crippen LogP) is 2.06. The number of anilines is 1. The molecule has 3 heterocycles. The molecule has 0 aliphatic carbocycles. The smallest absolute Gasteiger partial charge is 0.241 e. The van der Waals surface area contributed by atoms with Crippen molar-refractivity contribution in [2.24, 2.45) is 0 Å². The van der Waals surface area contributed by atoms with E-state index in [1.807, 2.05) is 42.6 Å². The molecule has 1 N–H and O–H groups in total. The second-order valence-electron chi connectivity index (χ2n) is 5.77. The maximum atomic E-state index is 12.6. The van der Waals surface area contributed by atoms with Gasteiger partial charge in [0.15, 0.2) is 0 Å². The van der Waals surface area contributed by atoms with E-state index in [9.17, 15) is 4.79 Å². The van der Waals surface area contributed by atoms with Gasteiger partial charge in [-0.05, 0) is 23.8 Å². The van der Waals surface area contributed by atoms with Gasteiger partial charge in [-0.3, -0.25) is 14.7 Å². The Balaban J connectivity index is 1.59. The Kier molecular flexibility index (Phi) is 3.27. The Morgan fingerprint density at radius 1 is 1.27 bits per heavy atom. The first-order valence-electron chi connectivity index (χ1n) is 7.49. The molecule has 2 unspecified atom stereocenters. The van der Waals surface area contributed by atoms with E-state index in [-0.39, 0.29) is 18.1 Å². The van der Waals surface area contributed by atoms with Gasteiger partial charge in [-0.15, -0.1) is 0 Å². The third-order valence-electron chi connectivity index (χ3n) is 4.21. The first-order valence-corrected chi connectivity index (χ1v) is 7.49. The molecule has 22 heavy (non-hydrogen) atoms. The van der Waals surface area contributed by atoms with Gasteiger partial charge in [0, 0.05) is 31.9 Å². The molecule has 1 saturated heterocycles. The minimum atomic E-state index is -0.154. The van der Waals surface area contributed by atoms with Crippen molar-refractivity contribution in [2.45, 2.75) is 25.1 Å². The maximum Gasteiger partial charge on any atom is 0.241 e. The van der Waals surface area contributed by atoms with Crippen molar-refractivity contribution in [3.63, 3.8) is 0 Å². The Bertz CT molecular complexity index is 689. The standard InChI is InChI=1S/C17H17N3O2/c21-17-15-8-13(22-16-6-2-1-5-14(16)19-17)11-20(15)10-12-4-3-7-18-9-12/h1-7,9,13,15H,8,10-11H2,(H,19,21). The van der Waals surface area contributed by atoms with Gasteiger partial charge >= 0.3 is 0 Å². The molecule has 2 aromatic rings. The molecule has 1 fully saturated rings. The van der Waals surface area contributed by atoms with Gasteiger partial charge in [0.2, 0.25) is 5.91 Å². The Morgan fingerprint density at radius 3 is 3.05 bits per heavy atom. The van der Waals surface area contributed by atoms with E-state index in [0.717, 1.165) is 30.0 Å². The van der Waals surface area contributed by atoms with Gasteiger partial charge < -0.3 is 10.1 Å². The summed E-state index contributed by atoms with van der Waals surface area (Å²) in [5, 5.41) is 2.98. The molecule has 2 aliphatic heterocycles. The number of nitrogens with one attached hydrogen (secondary N) is 1. The van der Waals surface area contributed by atoms with Crippen LogP contribution >= 0.6 is 0 Å². The van der Waals surface area contributed by atoms with E-state index in [1.54, 1.807) is 6.20 Å². The first-order chi connectivity index (χ1) is 10.8. The minimum absolute atomic E-state index is 0.0436. The summed E-state index contributed by atoms with van der Waals surface area (Å²) in [6.07, 6.45) is 4.38. The second kappa shape index (κ2) is 5.42. The number of carbonyl (C=O) groups is 1. The van der Waals surface area contributed by atoms with Crippen LogP contribution in [-0.2, 0) is 11.3 Å². The number of hydrogen-bond acceptors (Lipinski definition) is 4. The van der Waals surface area contributed by atoms with Crippen molar-refractivity contribution >= 4 is 11.6 Å². The van der Waals surface area contributed by atoms with Crippen LogP contribution in [0.15, 0.2) is 48.8 Å². The fraction of sp³-hybridized carbons (Fsp3) is 0.294. The Labute approximate surface area is 128 Å². The summed E-state index contributed by atoms with van der Waals surface area (Å²) in [4.78, 5) is 18.9. The van der Waals surface area contributed by atoms with Crippen LogP contribution in [0.25, 0.3) is 0 Å². The third kappa shape index (κ3) is 2.44. The summed E-state index contributed by atoms with van der Waals surface area (Å²) in [7, 11) is 0. The number of pyridine rings is 1. The highest BCUT2D eigenvalue weighted by Gasteiger charge is 2.39. The number of likely N-dealkylation sites (tertiary alicyclic amines) is 1. The molecule has 5 nitrogen and oxygen atoms in total. The molecule has 4 rings (SSSR count). The van der Waals surface area contributed by atoms with Crippen molar-refractivity contribution in [3.8, 4) is 5.75 Å². The summed E-state index contributed by atoms with van der Waals surface area (Å²) in [6, 6.07) is 11.4. The van der Waals surface area contributed by atoms with E-state index in [4.69, 9.17) is 4.74 Å². The third-order valence-corrected chi connectivity index (χ3v) is 4.21. The van der Waals surface area contributed by atoms with Crippen molar-refractivity contribution in [3.05, 3.63) is 54.4 Å². The Morgan fingerprint density at radius 2 is 2.18 bits per heavy atom. The fourth-order valence-corrected chi connectivity index (χ4v) is 3.19. The van der Waals surface area contributed by atoms with Crippen molar-refractivity contribution in [1.82, 2.24) is 9.88 Å². The van der Waals surface area contributed by atoms with E-state index in [1.165, 1.54) is 0 Å². The van der Waals surface area contributed by atoms with E-state index in [2.05, 4.69) is 15.2 Å². The average Bonchev–Trinajstić information content (AvgIpc) is 2.93. The zero-order valence-corrected chi connectivity index (χ0v) is 12.1. The van der Waals surface area contributed by atoms with Crippen LogP contribution in [0.5, 0.6) is 5.75 Å². The first kappa shape index (κ1) is 13.3. The summed E-state index contributed by atoms with van der Waals surface area (Å²) < 4.78 is 6.07. The topological polar surface area (TPSA) is 54.5 Å². The highest BCUT2D eigenvalue weighted by molar-refractivity contribution is 5.96. The van der Waals surface area contributed by atoms with Crippen LogP contribution in [0.1, 0.15) is 12.0 Å². The van der Waals surface area contributed by atoms with Crippen LogP contribution in [0.3, 0.4) is 0 Å². The molecule has 0 spiro atoms. The molecule has 112 valence electrons. The fourth-order valence-electron chi connectivity index (χ4n) is 3.19. The van der Waals surface area contributed by atoms with Crippen LogP contribution in [-0.4, -0.2) is 34.5 Å². The maximum absolute atomic E-state index is 12.6. The van der Waals surface area contributed by atoms with Crippen LogP contribution in [0.2, 0.25) is 0 Å². The highest BCUT2D eigenvalue weighted by atomic mass is 16.5. The molecular weight excluding hydrogens is 278 g/mol. The summed E-state index contributed by atoms with van der Waals surface area (Å²) >= 11 is 0. The molecule has 0 saturated carbocycles. The van der Waals surface area contributed by atoms with Crippen LogP contribution < -0.4 is 10.1 Å². The number of para-hydroxylation sites is 2. The average molecular weight is 295 g/mol. The van der Waals surface area contributed by atoms with Crippen molar-refractivity contribution in [1.29, 1.82) is 0 Å². The molecule has 1 aromatic heterocycles. The van der Waals surface area contributed by atoms with E-state index >= 15 is 0 Å². The summed E-state index contributed by atoms with van der Waals surface area (Å²) in [6.45, 7) is 1.46. The zero-order valence-electron chi connectivity index (χ0n) is 12.1. The molecular formula is C17H17N3O2. The van der Waals surface area contributed by atoms with E-state index in [0.29, 0.717) is 6.54 Å². The van der Waals surface area contributed by atoms with Gasteiger partial charge in [0.25, 0.3) is 0 Å². The number of ether oxygens (including phenoxy) is 1. The molecule has 5 heteroatoms. The van der Waals surface area contributed by atoms with E-state index < -0.39 is 0 Å². The summed E-state index contributed by atoms with van der Waals surface area (Å²) in [5.74, 6) is 0.796. The number of aromatic nitrogens is 1.